The summed E-state index contributed by atoms with van der Waals surface area (Å²) < 4.78 is 11.2. The molecule has 44 heavy (non-hydrogen) atoms. The first-order valence-electron chi connectivity index (χ1n) is 14.9. The van der Waals surface area contributed by atoms with Gasteiger partial charge in [0.15, 0.2) is 0 Å². The maximum Gasteiger partial charge on any atom is 0.255 e. The van der Waals surface area contributed by atoms with E-state index in [1.165, 1.54) is 0 Å². The van der Waals surface area contributed by atoms with Crippen LogP contribution in [0.1, 0.15) is 47.7 Å². The van der Waals surface area contributed by atoms with Crippen LogP contribution in [0.25, 0.3) is 0 Å². The van der Waals surface area contributed by atoms with Crippen LogP contribution in [-0.2, 0) is 27.3 Å². The van der Waals surface area contributed by atoms with E-state index in [1.54, 1.807) is 48.4 Å². The molecule has 4 rings (SSSR count). The van der Waals surface area contributed by atoms with Crippen LogP contribution in [0.2, 0.25) is 0 Å². The van der Waals surface area contributed by atoms with Crippen LogP contribution >= 0.6 is 0 Å². The number of para-hydroxylation sites is 1. The molecule has 0 aliphatic carbocycles. The predicted octanol–water partition coefficient (Wildman–Crippen LogP) is 3.25. The predicted molar refractivity (Wildman–Crippen MR) is 166 cm³/mol. The molecule has 1 aliphatic heterocycles. The number of carbonyl (C=O) groups is 4. The number of hydrogen-bond donors (Lipinski definition) is 3. The van der Waals surface area contributed by atoms with Gasteiger partial charge in [-0.3, -0.25) is 19.2 Å². The van der Waals surface area contributed by atoms with Crippen molar-refractivity contribution >= 4 is 23.6 Å². The maximum absolute atomic E-state index is 13.9. The van der Waals surface area contributed by atoms with E-state index in [2.05, 4.69) is 16.0 Å². The number of nitrogens with zero attached hydrogens (tertiary/aromatic N) is 1. The molecular weight excluding hydrogens is 560 g/mol. The SMILES string of the molecule is CCCCN1CCOc2ccccc2C(=O)N[C@H](C(=O)NCc2ccc(OC)cc2)CC(=O)N[C@@H](Cc2ccccc2)C1=O. The number of unbranched alkanes of at least 4 members (excludes halogenated alkanes) is 1. The Morgan fingerprint density at radius 2 is 1.68 bits per heavy atom. The maximum atomic E-state index is 13.9. The summed E-state index contributed by atoms with van der Waals surface area (Å²) in [5.41, 5.74) is 1.93. The Balaban J connectivity index is 1.61. The highest BCUT2D eigenvalue weighted by Crippen LogP contribution is 2.19. The van der Waals surface area contributed by atoms with Gasteiger partial charge in [-0.15, -0.1) is 0 Å². The van der Waals surface area contributed by atoms with Crippen molar-refractivity contribution in [1.82, 2.24) is 20.9 Å². The van der Waals surface area contributed by atoms with Gasteiger partial charge in [0.05, 0.1) is 25.6 Å². The number of amides is 4. The molecule has 232 valence electrons. The van der Waals surface area contributed by atoms with Gasteiger partial charge in [-0.2, -0.15) is 0 Å². The van der Waals surface area contributed by atoms with Gasteiger partial charge in [-0.1, -0.05) is 67.9 Å². The summed E-state index contributed by atoms with van der Waals surface area (Å²) >= 11 is 0. The van der Waals surface area contributed by atoms with E-state index >= 15 is 0 Å². The van der Waals surface area contributed by atoms with Crippen molar-refractivity contribution in [3.8, 4) is 11.5 Å². The summed E-state index contributed by atoms with van der Waals surface area (Å²) in [6.07, 6.45) is 1.58. The third-order valence-electron chi connectivity index (χ3n) is 7.40. The molecule has 2 atom stereocenters. The molecule has 3 aromatic rings. The first-order chi connectivity index (χ1) is 21.4. The fourth-order valence-corrected chi connectivity index (χ4v) is 4.94. The molecule has 0 fully saturated rings. The minimum absolute atomic E-state index is 0.150. The monoisotopic (exact) mass is 600 g/mol. The van der Waals surface area contributed by atoms with E-state index in [0.29, 0.717) is 18.0 Å². The van der Waals surface area contributed by atoms with Crippen LogP contribution in [-0.4, -0.2) is 67.4 Å². The number of nitrogens with one attached hydrogen (secondary N) is 3. The summed E-state index contributed by atoms with van der Waals surface area (Å²) in [6.45, 7) is 3.16. The van der Waals surface area contributed by atoms with Crippen molar-refractivity contribution in [1.29, 1.82) is 0 Å². The largest absolute Gasteiger partial charge is 0.497 e. The molecule has 10 nitrogen and oxygen atoms in total. The Bertz CT molecular complexity index is 1410. The number of fused-ring (bicyclic) bond motifs is 1. The molecule has 0 unspecified atom stereocenters. The van der Waals surface area contributed by atoms with Gasteiger partial charge >= 0.3 is 0 Å². The van der Waals surface area contributed by atoms with Crippen molar-refractivity contribution in [2.45, 2.75) is 51.2 Å². The number of rotatable bonds is 9. The van der Waals surface area contributed by atoms with E-state index < -0.39 is 29.8 Å². The van der Waals surface area contributed by atoms with Gasteiger partial charge in [0.25, 0.3) is 5.91 Å². The Hall–Kier alpha value is -4.86. The summed E-state index contributed by atoms with van der Waals surface area (Å²) in [4.78, 5) is 55.9. The van der Waals surface area contributed by atoms with Gasteiger partial charge in [0.2, 0.25) is 17.7 Å². The molecule has 0 aromatic heterocycles. The molecule has 0 spiro atoms. The lowest BCUT2D eigenvalue weighted by Gasteiger charge is -2.29. The Morgan fingerprint density at radius 3 is 2.41 bits per heavy atom. The Kier molecular flexibility index (Phi) is 11.7. The number of carbonyl (C=O) groups excluding carboxylic acids is 4. The number of hydrogen-bond acceptors (Lipinski definition) is 6. The fraction of sp³-hybridized carbons (Fsp3) is 0.353. The second kappa shape index (κ2) is 16.1. The highest BCUT2D eigenvalue weighted by Gasteiger charge is 2.30. The second-order valence-corrected chi connectivity index (χ2v) is 10.6. The zero-order chi connectivity index (χ0) is 31.3. The average Bonchev–Trinajstić information content (AvgIpc) is 3.04. The Morgan fingerprint density at radius 1 is 0.955 bits per heavy atom. The van der Waals surface area contributed by atoms with E-state index in [1.807, 2.05) is 49.4 Å². The fourth-order valence-electron chi connectivity index (χ4n) is 4.94. The zero-order valence-electron chi connectivity index (χ0n) is 25.2. The van der Waals surface area contributed by atoms with Crippen LogP contribution < -0.4 is 25.4 Å². The van der Waals surface area contributed by atoms with Crippen molar-refractivity contribution in [2.75, 3.05) is 26.8 Å². The lowest BCUT2D eigenvalue weighted by Crippen LogP contribution is -2.54. The summed E-state index contributed by atoms with van der Waals surface area (Å²) in [7, 11) is 1.57. The Labute approximate surface area is 258 Å². The molecule has 0 saturated carbocycles. The van der Waals surface area contributed by atoms with Crippen molar-refractivity contribution < 1.29 is 28.7 Å². The number of ether oxygens (including phenoxy) is 2. The molecule has 1 heterocycles. The minimum atomic E-state index is -1.21. The molecule has 1 aliphatic rings. The van der Waals surface area contributed by atoms with Crippen LogP contribution in [0.15, 0.2) is 78.9 Å². The van der Waals surface area contributed by atoms with E-state index in [9.17, 15) is 19.2 Å². The average molecular weight is 601 g/mol. The number of benzene rings is 3. The van der Waals surface area contributed by atoms with E-state index in [0.717, 1.165) is 24.0 Å². The molecule has 0 radical (unpaired) electrons. The minimum Gasteiger partial charge on any atom is -0.497 e. The quantitative estimate of drug-likeness (QED) is 0.346. The number of methoxy groups -OCH3 is 1. The molecule has 0 bridgehead atoms. The van der Waals surface area contributed by atoms with Gasteiger partial charge < -0.3 is 30.3 Å². The van der Waals surface area contributed by atoms with Crippen LogP contribution in [0, 0.1) is 0 Å². The third-order valence-corrected chi connectivity index (χ3v) is 7.40. The van der Waals surface area contributed by atoms with E-state index in [-0.39, 0.29) is 44.0 Å². The standard InChI is InChI=1S/C34H40N4O6/c1-3-4-18-38-19-20-44-30-13-9-8-12-27(30)32(40)37-28(33(41)35-23-25-14-16-26(43-2)17-15-25)22-31(39)36-29(34(38)42)21-24-10-6-5-7-11-24/h5-17,28-29H,3-4,18-23H2,1-2H3,(H,35,41)(H,36,39)(H,37,40)/t28-,29-/m0/s1. The third kappa shape index (κ3) is 9.07. The van der Waals surface area contributed by atoms with Crippen molar-refractivity contribution in [3.05, 3.63) is 95.6 Å². The highest BCUT2D eigenvalue weighted by atomic mass is 16.5. The van der Waals surface area contributed by atoms with Gasteiger partial charge in [0.1, 0.15) is 30.2 Å². The molecule has 10 heteroatoms. The smallest absolute Gasteiger partial charge is 0.255 e. The van der Waals surface area contributed by atoms with E-state index in [4.69, 9.17) is 9.47 Å². The van der Waals surface area contributed by atoms with Gasteiger partial charge in [-0.05, 0) is 41.8 Å². The topological polar surface area (TPSA) is 126 Å². The summed E-state index contributed by atoms with van der Waals surface area (Å²) in [5.74, 6) is -0.827. The summed E-state index contributed by atoms with van der Waals surface area (Å²) in [6, 6.07) is 21.3. The molecule has 4 amide bonds. The second-order valence-electron chi connectivity index (χ2n) is 10.6. The normalized spacial score (nSPS) is 17.8. The highest BCUT2D eigenvalue weighted by molar-refractivity contribution is 6.01. The van der Waals surface area contributed by atoms with Gasteiger partial charge in [-0.25, -0.2) is 0 Å². The van der Waals surface area contributed by atoms with Crippen LogP contribution in [0.4, 0.5) is 0 Å². The summed E-state index contributed by atoms with van der Waals surface area (Å²) in [5, 5.41) is 8.40. The lowest BCUT2D eigenvalue weighted by molar-refractivity contribution is -0.137. The molecular formula is C34H40N4O6. The van der Waals surface area contributed by atoms with Gasteiger partial charge in [0, 0.05) is 19.5 Å². The van der Waals surface area contributed by atoms with Crippen molar-refractivity contribution in [2.24, 2.45) is 0 Å². The molecule has 0 saturated heterocycles. The lowest BCUT2D eigenvalue weighted by atomic mass is 10.0. The molecule has 3 N–H and O–H groups in total. The zero-order valence-corrected chi connectivity index (χ0v) is 25.2. The first kappa shape index (κ1) is 32.1. The van der Waals surface area contributed by atoms with Crippen molar-refractivity contribution in [3.63, 3.8) is 0 Å². The van der Waals surface area contributed by atoms with Crippen LogP contribution in [0.3, 0.4) is 0 Å². The molecule has 3 aromatic carbocycles. The van der Waals surface area contributed by atoms with Crippen LogP contribution in [0.5, 0.6) is 11.5 Å². The first-order valence-corrected chi connectivity index (χ1v) is 14.9.